The molecule has 3 rings (SSSR count). The first-order valence-electron chi connectivity index (χ1n) is 8.00. The van der Waals surface area contributed by atoms with Crippen LogP contribution in [0, 0.1) is 0 Å². The Hall–Kier alpha value is -1.83. The van der Waals surface area contributed by atoms with Gasteiger partial charge in [0.1, 0.15) is 0 Å². The van der Waals surface area contributed by atoms with E-state index in [1.807, 2.05) is 0 Å². The summed E-state index contributed by atoms with van der Waals surface area (Å²) in [6, 6.07) is 3.87. The quantitative estimate of drug-likeness (QED) is 0.912. The van der Waals surface area contributed by atoms with Crippen LogP contribution in [0.2, 0.25) is 0 Å². The first kappa shape index (κ1) is 17.0. The van der Waals surface area contributed by atoms with E-state index in [1.165, 1.54) is 18.3 Å². The summed E-state index contributed by atoms with van der Waals surface area (Å²) in [6.07, 6.45) is 1.01. The van der Waals surface area contributed by atoms with Gasteiger partial charge in [-0.25, -0.2) is 4.98 Å². The van der Waals surface area contributed by atoms with Crippen molar-refractivity contribution in [3.05, 3.63) is 23.9 Å². The molecule has 2 bridgehead atoms. The van der Waals surface area contributed by atoms with Crippen molar-refractivity contribution in [2.45, 2.75) is 50.0 Å². The van der Waals surface area contributed by atoms with Gasteiger partial charge < -0.3 is 15.0 Å². The van der Waals surface area contributed by atoms with Crippen LogP contribution in [0.25, 0.3) is 0 Å². The second-order valence-corrected chi connectivity index (χ2v) is 6.47. The summed E-state index contributed by atoms with van der Waals surface area (Å²) < 4.78 is 40.9. The Morgan fingerprint density at radius 1 is 1.33 bits per heavy atom. The van der Waals surface area contributed by atoms with Gasteiger partial charge in [-0.1, -0.05) is 0 Å². The molecule has 2 aliphatic heterocycles. The summed E-state index contributed by atoms with van der Waals surface area (Å²) in [5.41, 5.74) is 0.350. The number of hydrogen-bond acceptors (Lipinski definition) is 4. The van der Waals surface area contributed by atoms with Crippen LogP contribution in [-0.4, -0.2) is 53.7 Å². The van der Waals surface area contributed by atoms with Crippen molar-refractivity contribution < 1.29 is 22.7 Å². The summed E-state index contributed by atoms with van der Waals surface area (Å²) in [7, 11) is 1.77. The molecule has 0 radical (unpaired) electrons. The van der Waals surface area contributed by atoms with Crippen molar-refractivity contribution in [3.63, 3.8) is 0 Å². The minimum absolute atomic E-state index is 0.147. The average Bonchev–Trinajstić information content (AvgIpc) is 2.89. The van der Waals surface area contributed by atoms with Crippen LogP contribution in [0.5, 0.6) is 5.88 Å². The number of rotatable bonds is 4. The molecule has 0 saturated carbocycles. The molecule has 2 saturated heterocycles. The number of pyridine rings is 1. The van der Waals surface area contributed by atoms with E-state index < -0.39 is 12.8 Å². The van der Waals surface area contributed by atoms with E-state index in [0.29, 0.717) is 17.6 Å². The molecule has 0 aromatic carbocycles. The molecule has 2 fully saturated rings. The van der Waals surface area contributed by atoms with Gasteiger partial charge in [0, 0.05) is 37.4 Å². The van der Waals surface area contributed by atoms with Crippen LogP contribution in [0.15, 0.2) is 18.3 Å². The predicted octanol–water partition coefficient (Wildman–Crippen LogP) is 2.38. The van der Waals surface area contributed by atoms with Gasteiger partial charge in [0.25, 0.3) is 5.91 Å². The third-order valence-corrected chi connectivity index (χ3v) is 4.68. The van der Waals surface area contributed by atoms with Crippen LogP contribution >= 0.6 is 0 Å². The van der Waals surface area contributed by atoms with E-state index in [4.69, 9.17) is 0 Å². The number of aromatic nitrogens is 1. The average molecular weight is 343 g/mol. The second kappa shape index (κ2) is 6.58. The van der Waals surface area contributed by atoms with Gasteiger partial charge in [-0.3, -0.25) is 4.79 Å². The lowest BCUT2D eigenvalue weighted by molar-refractivity contribution is -0.154. The lowest BCUT2D eigenvalue weighted by atomic mass is 9.98. The van der Waals surface area contributed by atoms with Crippen molar-refractivity contribution in [1.82, 2.24) is 15.2 Å². The Labute approximate surface area is 138 Å². The first-order chi connectivity index (χ1) is 11.3. The van der Waals surface area contributed by atoms with Crippen LogP contribution in [-0.2, 0) is 0 Å². The SMILES string of the molecule is CN(C(=O)c1ccc(OCC(F)(F)F)nc1)C1CC2CCC(C1)N2. The molecule has 8 heteroatoms. The van der Waals surface area contributed by atoms with Crippen molar-refractivity contribution in [3.8, 4) is 5.88 Å². The van der Waals surface area contributed by atoms with Crippen LogP contribution in [0.3, 0.4) is 0 Å². The van der Waals surface area contributed by atoms with Gasteiger partial charge in [-0.2, -0.15) is 13.2 Å². The van der Waals surface area contributed by atoms with E-state index in [1.54, 1.807) is 11.9 Å². The number of piperidine rings is 1. The number of ether oxygens (including phenoxy) is 1. The van der Waals surface area contributed by atoms with Gasteiger partial charge in [0.15, 0.2) is 6.61 Å². The minimum atomic E-state index is -4.41. The summed E-state index contributed by atoms with van der Waals surface area (Å²) >= 11 is 0. The fourth-order valence-electron chi connectivity index (χ4n) is 3.46. The van der Waals surface area contributed by atoms with E-state index in [-0.39, 0.29) is 17.8 Å². The maximum Gasteiger partial charge on any atom is 0.422 e. The monoisotopic (exact) mass is 343 g/mol. The van der Waals surface area contributed by atoms with Gasteiger partial charge in [-0.15, -0.1) is 0 Å². The Morgan fingerprint density at radius 2 is 2.00 bits per heavy atom. The van der Waals surface area contributed by atoms with E-state index in [2.05, 4.69) is 15.0 Å². The topological polar surface area (TPSA) is 54.5 Å². The second-order valence-electron chi connectivity index (χ2n) is 6.47. The lowest BCUT2D eigenvalue weighted by Gasteiger charge is -2.35. The fraction of sp³-hybridized carbons (Fsp3) is 0.625. The molecule has 24 heavy (non-hydrogen) atoms. The van der Waals surface area contributed by atoms with Gasteiger partial charge in [-0.05, 0) is 31.7 Å². The number of nitrogens with one attached hydrogen (secondary N) is 1. The maximum atomic E-state index is 12.6. The number of nitrogens with zero attached hydrogens (tertiary/aromatic N) is 2. The Kier molecular flexibility index (Phi) is 4.67. The normalized spacial score (nSPS) is 26.2. The maximum absolute atomic E-state index is 12.6. The summed E-state index contributed by atoms with van der Waals surface area (Å²) in [4.78, 5) is 18.1. The number of carbonyl (C=O) groups is 1. The third-order valence-electron chi connectivity index (χ3n) is 4.68. The number of alkyl halides is 3. The summed E-state index contributed by atoms with van der Waals surface area (Å²) in [5, 5.41) is 3.53. The fourth-order valence-corrected chi connectivity index (χ4v) is 3.46. The van der Waals surface area contributed by atoms with Gasteiger partial charge >= 0.3 is 6.18 Å². The molecule has 1 aromatic heterocycles. The van der Waals surface area contributed by atoms with Crippen molar-refractivity contribution in [2.75, 3.05) is 13.7 Å². The predicted molar refractivity (Wildman–Crippen MR) is 80.8 cm³/mol. The molecule has 2 atom stereocenters. The number of halogens is 3. The summed E-state index contributed by atoms with van der Waals surface area (Å²) in [5.74, 6) is -0.317. The third kappa shape index (κ3) is 3.98. The highest BCUT2D eigenvalue weighted by atomic mass is 19.4. The number of fused-ring (bicyclic) bond motifs is 2. The van der Waals surface area contributed by atoms with Crippen LogP contribution in [0.4, 0.5) is 13.2 Å². The molecule has 1 N–H and O–H groups in total. The largest absolute Gasteiger partial charge is 0.468 e. The smallest absolute Gasteiger partial charge is 0.422 e. The van der Waals surface area contributed by atoms with Crippen LogP contribution in [0.1, 0.15) is 36.0 Å². The van der Waals surface area contributed by atoms with Crippen molar-refractivity contribution >= 4 is 5.91 Å². The molecule has 5 nitrogen and oxygen atoms in total. The van der Waals surface area contributed by atoms with Crippen LogP contribution < -0.4 is 10.1 Å². The first-order valence-corrected chi connectivity index (χ1v) is 8.00. The molecule has 1 aromatic rings. The van der Waals surface area contributed by atoms with Gasteiger partial charge in [0.05, 0.1) is 5.56 Å². The molecular formula is C16H20F3N3O2. The number of hydrogen-bond donors (Lipinski definition) is 1. The van der Waals surface area contributed by atoms with Crippen molar-refractivity contribution in [2.24, 2.45) is 0 Å². The zero-order chi connectivity index (χ0) is 17.3. The lowest BCUT2D eigenvalue weighted by Crippen LogP contribution is -2.48. The Morgan fingerprint density at radius 3 is 2.54 bits per heavy atom. The molecule has 0 aliphatic carbocycles. The number of carbonyl (C=O) groups excluding carboxylic acids is 1. The highest BCUT2D eigenvalue weighted by molar-refractivity contribution is 5.94. The van der Waals surface area contributed by atoms with Crippen molar-refractivity contribution in [1.29, 1.82) is 0 Å². The molecule has 3 heterocycles. The highest BCUT2D eigenvalue weighted by Crippen LogP contribution is 2.29. The van der Waals surface area contributed by atoms with E-state index in [0.717, 1.165) is 25.7 Å². The highest BCUT2D eigenvalue weighted by Gasteiger charge is 2.36. The molecule has 2 unspecified atom stereocenters. The zero-order valence-electron chi connectivity index (χ0n) is 13.3. The molecule has 1 amide bonds. The minimum Gasteiger partial charge on any atom is -0.468 e. The molecule has 132 valence electrons. The molecular weight excluding hydrogens is 323 g/mol. The Bertz CT molecular complexity index is 579. The van der Waals surface area contributed by atoms with Gasteiger partial charge in [0.2, 0.25) is 5.88 Å². The molecule has 0 spiro atoms. The van der Waals surface area contributed by atoms with E-state index >= 15 is 0 Å². The standard InChI is InChI=1S/C16H20F3N3O2/c1-22(13-6-11-3-4-12(7-13)21-11)15(23)10-2-5-14(20-8-10)24-9-16(17,18)19/h2,5,8,11-13,21H,3-4,6-7,9H2,1H3. The molecule has 2 aliphatic rings. The Balaban J connectivity index is 1.60. The summed E-state index contributed by atoms with van der Waals surface area (Å²) in [6.45, 7) is -1.40. The van der Waals surface area contributed by atoms with E-state index in [9.17, 15) is 18.0 Å². The number of amides is 1. The zero-order valence-corrected chi connectivity index (χ0v) is 13.3.